The van der Waals surface area contributed by atoms with E-state index in [2.05, 4.69) is 5.32 Å². The van der Waals surface area contributed by atoms with Crippen molar-refractivity contribution in [3.8, 4) is 0 Å². The summed E-state index contributed by atoms with van der Waals surface area (Å²) >= 11 is 0. The molecule has 0 bridgehead atoms. The average Bonchev–Trinajstić information content (AvgIpc) is 2.15. The molecule has 1 N–H and O–H groups in total. The zero-order chi connectivity index (χ0) is 11.0. The number of nitrogens with one attached hydrogen (secondary N) is 1. The molecular weight excluding hydrogens is 178 g/mol. The van der Waals surface area contributed by atoms with Gasteiger partial charge in [0.25, 0.3) is 0 Å². The standard InChI is InChI=1S/C11H21NO2/c1-4-11(14)9(2)7-5-6-8-12-10(3)13/h9H,4-8H2,1-3H3,(H,12,13)/t9-/m0/s1. The molecule has 0 saturated heterocycles. The van der Waals surface area contributed by atoms with Gasteiger partial charge < -0.3 is 5.32 Å². The van der Waals surface area contributed by atoms with Crippen LogP contribution in [0.25, 0.3) is 0 Å². The summed E-state index contributed by atoms with van der Waals surface area (Å²) in [5.41, 5.74) is 0. The summed E-state index contributed by atoms with van der Waals surface area (Å²) in [4.78, 5) is 21.7. The number of carbonyl (C=O) groups is 2. The van der Waals surface area contributed by atoms with Crippen molar-refractivity contribution >= 4 is 11.7 Å². The van der Waals surface area contributed by atoms with Crippen LogP contribution in [-0.4, -0.2) is 18.2 Å². The first-order valence-electron chi connectivity index (χ1n) is 5.35. The van der Waals surface area contributed by atoms with Crippen molar-refractivity contribution in [1.82, 2.24) is 5.32 Å². The summed E-state index contributed by atoms with van der Waals surface area (Å²) in [6.07, 6.45) is 3.53. The van der Waals surface area contributed by atoms with Gasteiger partial charge in [0.2, 0.25) is 5.91 Å². The fourth-order valence-electron chi connectivity index (χ4n) is 1.35. The zero-order valence-electron chi connectivity index (χ0n) is 9.43. The normalized spacial score (nSPS) is 12.2. The molecule has 0 aromatic rings. The van der Waals surface area contributed by atoms with Gasteiger partial charge in [-0.15, -0.1) is 0 Å². The number of carbonyl (C=O) groups excluding carboxylic acids is 2. The summed E-state index contributed by atoms with van der Waals surface area (Å²) < 4.78 is 0. The molecule has 0 fully saturated rings. The second kappa shape index (κ2) is 7.54. The number of unbranched alkanes of at least 4 members (excludes halogenated alkanes) is 1. The van der Waals surface area contributed by atoms with Gasteiger partial charge >= 0.3 is 0 Å². The molecule has 1 amide bonds. The Morgan fingerprint density at radius 2 is 1.93 bits per heavy atom. The van der Waals surface area contributed by atoms with Gasteiger partial charge in [0.15, 0.2) is 0 Å². The molecule has 0 unspecified atom stereocenters. The summed E-state index contributed by atoms with van der Waals surface area (Å²) in [5.74, 6) is 0.532. The predicted molar refractivity (Wildman–Crippen MR) is 57.0 cm³/mol. The molecule has 0 aliphatic heterocycles. The van der Waals surface area contributed by atoms with Crippen LogP contribution in [-0.2, 0) is 9.59 Å². The molecule has 0 aliphatic rings. The third-order valence-corrected chi connectivity index (χ3v) is 2.34. The highest BCUT2D eigenvalue weighted by Crippen LogP contribution is 2.10. The monoisotopic (exact) mass is 199 g/mol. The number of amides is 1. The Kier molecular flexibility index (Phi) is 7.07. The first-order chi connectivity index (χ1) is 6.57. The molecule has 0 rings (SSSR count). The van der Waals surface area contributed by atoms with Crippen molar-refractivity contribution < 1.29 is 9.59 Å². The van der Waals surface area contributed by atoms with Crippen molar-refractivity contribution in [3.05, 3.63) is 0 Å². The highest BCUT2D eigenvalue weighted by Gasteiger charge is 2.09. The molecule has 3 nitrogen and oxygen atoms in total. The van der Waals surface area contributed by atoms with Crippen LogP contribution in [0.5, 0.6) is 0 Å². The first kappa shape index (κ1) is 13.1. The second-order valence-corrected chi connectivity index (χ2v) is 3.70. The molecule has 0 radical (unpaired) electrons. The van der Waals surface area contributed by atoms with Gasteiger partial charge in [0, 0.05) is 25.8 Å². The number of hydrogen-bond acceptors (Lipinski definition) is 2. The van der Waals surface area contributed by atoms with E-state index >= 15 is 0 Å². The van der Waals surface area contributed by atoms with E-state index in [1.54, 1.807) is 0 Å². The lowest BCUT2D eigenvalue weighted by molar-refractivity contribution is -0.122. The SMILES string of the molecule is CCC(=O)[C@@H](C)CCCCNC(C)=O. The molecule has 0 heterocycles. The van der Waals surface area contributed by atoms with E-state index in [-0.39, 0.29) is 11.8 Å². The minimum absolute atomic E-state index is 0.0164. The van der Waals surface area contributed by atoms with E-state index in [0.29, 0.717) is 12.2 Å². The fourth-order valence-corrected chi connectivity index (χ4v) is 1.35. The van der Waals surface area contributed by atoms with E-state index < -0.39 is 0 Å². The number of rotatable bonds is 7. The highest BCUT2D eigenvalue weighted by atomic mass is 16.1. The van der Waals surface area contributed by atoms with Crippen LogP contribution in [0.4, 0.5) is 0 Å². The van der Waals surface area contributed by atoms with E-state index in [0.717, 1.165) is 25.8 Å². The number of hydrogen-bond donors (Lipinski definition) is 1. The lowest BCUT2D eigenvalue weighted by atomic mass is 9.98. The first-order valence-corrected chi connectivity index (χ1v) is 5.35. The Labute approximate surface area is 86.3 Å². The third kappa shape index (κ3) is 6.63. The van der Waals surface area contributed by atoms with Crippen LogP contribution in [0.2, 0.25) is 0 Å². The average molecular weight is 199 g/mol. The van der Waals surface area contributed by atoms with E-state index in [9.17, 15) is 9.59 Å². The van der Waals surface area contributed by atoms with Crippen molar-refractivity contribution in [3.63, 3.8) is 0 Å². The molecule has 0 aromatic carbocycles. The Morgan fingerprint density at radius 1 is 1.29 bits per heavy atom. The van der Waals surface area contributed by atoms with Gasteiger partial charge in [-0.1, -0.05) is 20.3 Å². The molecule has 82 valence electrons. The van der Waals surface area contributed by atoms with E-state index in [1.807, 2.05) is 13.8 Å². The topological polar surface area (TPSA) is 46.2 Å². The van der Waals surface area contributed by atoms with Crippen LogP contribution in [0.15, 0.2) is 0 Å². The maximum atomic E-state index is 11.2. The molecule has 3 heteroatoms. The van der Waals surface area contributed by atoms with Gasteiger partial charge in [-0.2, -0.15) is 0 Å². The lowest BCUT2D eigenvalue weighted by Gasteiger charge is -2.08. The number of Topliss-reactive ketones (excluding diaryl/α,β-unsaturated/α-hetero) is 1. The smallest absolute Gasteiger partial charge is 0.216 e. The summed E-state index contributed by atoms with van der Waals surface area (Å²) in [6, 6.07) is 0. The number of ketones is 1. The zero-order valence-corrected chi connectivity index (χ0v) is 9.43. The Hall–Kier alpha value is -0.860. The van der Waals surface area contributed by atoms with Crippen LogP contribution in [0, 0.1) is 5.92 Å². The maximum Gasteiger partial charge on any atom is 0.216 e. The van der Waals surface area contributed by atoms with Crippen molar-refractivity contribution in [1.29, 1.82) is 0 Å². The minimum Gasteiger partial charge on any atom is -0.356 e. The van der Waals surface area contributed by atoms with E-state index in [4.69, 9.17) is 0 Å². The third-order valence-electron chi connectivity index (χ3n) is 2.34. The Bertz CT molecular complexity index is 190. The quantitative estimate of drug-likeness (QED) is 0.637. The van der Waals surface area contributed by atoms with Crippen LogP contribution in [0.1, 0.15) is 46.5 Å². The van der Waals surface area contributed by atoms with Crippen molar-refractivity contribution in [2.45, 2.75) is 46.5 Å². The minimum atomic E-state index is 0.0164. The van der Waals surface area contributed by atoms with Crippen LogP contribution >= 0.6 is 0 Å². The van der Waals surface area contributed by atoms with E-state index in [1.165, 1.54) is 6.92 Å². The van der Waals surface area contributed by atoms with Crippen LogP contribution < -0.4 is 5.32 Å². The second-order valence-electron chi connectivity index (χ2n) is 3.70. The molecule has 0 spiro atoms. The molecular formula is C11H21NO2. The van der Waals surface area contributed by atoms with Crippen molar-refractivity contribution in [2.75, 3.05) is 6.54 Å². The van der Waals surface area contributed by atoms with Gasteiger partial charge in [0.1, 0.15) is 5.78 Å². The highest BCUT2D eigenvalue weighted by molar-refractivity contribution is 5.80. The lowest BCUT2D eigenvalue weighted by Crippen LogP contribution is -2.21. The van der Waals surface area contributed by atoms with Crippen molar-refractivity contribution in [2.24, 2.45) is 5.92 Å². The predicted octanol–water partition coefficient (Wildman–Crippen LogP) is 1.91. The summed E-state index contributed by atoms with van der Waals surface area (Å²) in [7, 11) is 0. The molecule has 0 aromatic heterocycles. The van der Waals surface area contributed by atoms with Gasteiger partial charge in [-0.05, 0) is 12.8 Å². The fraction of sp³-hybridized carbons (Fsp3) is 0.818. The van der Waals surface area contributed by atoms with Crippen LogP contribution in [0.3, 0.4) is 0 Å². The van der Waals surface area contributed by atoms with Gasteiger partial charge in [-0.25, -0.2) is 0 Å². The van der Waals surface area contributed by atoms with Gasteiger partial charge in [-0.3, -0.25) is 9.59 Å². The van der Waals surface area contributed by atoms with Gasteiger partial charge in [0.05, 0.1) is 0 Å². The Morgan fingerprint density at radius 3 is 2.43 bits per heavy atom. The molecule has 0 saturated carbocycles. The summed E-state index contributed by atoms with van der Waals surface area (Å²) in [6.45, 7) is 6.12. The maximum absolute atomic E-state index is 11.2. The molecule has 1 atom stereocenters. The largest absolute Gasteiger partial charge is 0.356 e. The Balaban J connectivity index is 3.36. The molecule has 14 heavy (non-hydrogen) atoms. The molecule has 0 aliphatic carbocycles. The summed E-state index contributed by atoms with van der Waals surface area (Å²) in [5, 5.41) is 2.74.